The van der Waals surface area contributed by atoms with Crippen molar-refractivity contribution in [1.29, 1.82) is 0 Å². The quantitative estimate of drug-likeness (QED) is 0.761. The standard InChI is InChI=1S/C23H22N2O3/c1-16-7-2-3-9-18(16)14-24-22(26)20-13-17-8-4-5-10-19(17)15-25(20)23(27)21-11-6-12-28-21/h2-12,20H,13-15H2,1H3,(H,24,26). The summed E-state index contributed by atoms with van der Waals surface area (Å²) in [7, 11) is 0. The summed E-state index contributed by atoms with van der Waals surface area (Å²) in [5.41, 5.74) is 4.35. The summed E-state index contributed by atoms with van der Waals surface area (Å²) in [6, 6.07) is 18.6. The first-order chi connectivity index (χ1) is 13.6. The third-order valence-corrected chi connectivity index (χ3v) is 5.26. The van der Waals surface area contributed by atoms with Gasteiger partial charge in [-0.05, 0) is 41.3 Å². The number of furan rings is 1. The number of rotatable bonds is 4. The van der Waals surface area contributed by atoms with Crippen LogP contribution in [-0.4, -0.2) is 22.8 Å². The molecule has 1 aliphatic rings. The fourth-order valence-electron chi connectivity index (χ4n) is 3.62. The predicted octanol–water partition coefficient (Wildman–Crippen LogP) is 3.47. The summed E-state index contributed by atoms with van der Waals surface area (Å²) in [6.45, 7) is 2.84. The molecule has 4 rings (SSSR count). The van der Waals surface area contributed by atoms with Gasteiger partial charge in [0.15, 0.2) is 5.76 Å². The summed E-state index contributed by atoms with van der Waals surface area (Å²) in [6.07, 6.45) is 1.96. The van der Waals surface area contributed by atoms with Crippen molar-refractivity contribution in [2.45, 2.75) is 32.5 Å². The Morgan fingerprint density at radius 3 is 2.54 bits per heavy atom. The number of carbonyl (C=O) groups is 2. The summed E-state index contributed by atoms with van der Waals surface area (Å²) in [5.74, 6) is -0.177. The minimum Gasteiger partial charge on any atom is -0.459 e. The molecule has 5 heteroatoms. The van der Waals surface area contributed by atoms with E-state index in [-0.39, 0.29) is 17.6 Å². The predicted molar refractivity (Wildman–Crippen MR) is 106 cm³/mol. The zero-order valence-electron chi connectivity index (χ0n) is 15.7. The topological polar surface area (TPSA) is 62.6 Å². The molecule has 1 N–H and O–H groups in total. The van der Waals surface area contributed by atoms with E-state index < -0.39 is 6.04 Å². The molecule has 5 nitrogen and oxygen atoms in total. The van der Waals surface area contributed by atoms with Gasteiger partial charge in [-0.1, -0.05) is 48.5 Å². The van der Waals surface area contributed by atoms with E-state index in [4.69, 9.17) is 4.42 Å². The molecule has 2 heterocycles. The molecule has 1 atom stereocenters. The van der Waals surface area contributed by atoms with Crippen molar-refractivity contribution in [3.05, 3.63) is 94.9 Å². The number of benzene rings is 2. The van der Waals surface area contributed by atoms with Crippen LogP contribution < -0.4 is 5.32 Å². The molecule has 1 aliphatic heterocycles. The molecule has 28 heavy (non-hydrogen) atoms. The first-order valence-electron chi connectivity index (χ1n) is 9.37. The fourth-order valence-corrected chi connectivity index (χ4v) is 3.62. The van der Waals surface area contributed by atoms with E-state index in [1.165, 1.54) is 6.26 Å². The second-order valence-corrected chi connectivity index (χ2v) is 7.04. The van der Waals surface area contributed by atoms with Crippen molar-refractivity contribution in [3.8, 4) is 0 Å². The van der Waals surface area contributed by atoms with Gasteiger partial charge < -0.3 is 14.6 Å². The Balaban J connectivity index is 1.57. The normalized spacial score (nSPS) is 15.8. The Bertz CT molecular complexity index is 995. The number of nitrogens with zero attached hydrogens (tertiary/aromatic N) is 1. The lowest BCUT2D eigenvalue weighted by Gasteiger charge is -2.35. The second-order valence-electron chi connectivity index (χ2n) is 7.04. The van der Waals surface area contributed by atoms with Gasteiger partial charge in [-0.15, -0.1) is 0 Å². The molecule has 1 aromatic heterocycles. The number of hydrogen-bond donors (Lipinski definition) is 1. The summed E-state index contributed by atoms with van der Waals surface area (Å²) in [5, 5.41) is 3.01. The molecule has 142 valence electrons. The minimum atomic E-state index is -0.573. The molecule has 2 aromatic carbocycles. The lowest BCUT2D eigenvalue weighted by Crippen LogP contribution is -2.52. The van der Waals surface area contributed by atoms with E-state index in [1.54, 1.807) is 17.0 Å². The molecular formula is C23H22N2O3. The lowest BCUT2D eigenvalue weighted by atomic mass is 9.93. The number of aryl methyl sites for hydroxylation is 1. The van der Waals surface area contributed by atoms with Crippen LogP contribution in [0.15, 0.2) is 71.3 Å². The van der Waals surface area contributed by atoms with Gasteiger partial charge in [0.1, 0.15) is 6.04 Å². The van der Waals surface area contributed by atoms with Crippen molar-refractivity contribution in [2.75, 3.05) is 0 Å². The number of fused-ring (bicyclic) bond motifs is 1. The Morgan fingerprint density at radius 2 is 1.79 bits per heavy atom. The third-order valence-electron chi connectivity index (χ3n) is 5.26. The number of carbonyl (C=O) groups excluding carboxylic acids is 2. The van der Waals surface area contributed by atoms with Crippen LogP contribution in [0.5, 0.6) is 0 Å². The molecule has 0 saturated carbocycles. The summed E-state index contributed by atoms with van der Waals surface area (Å²) in [4.78, 5) is 27.6. The zero-order chi connectivity index (χ0) is 19.5. The van der Waals surface area contributed by atoms with Gasteiger partial charge in [-0.25, -0.2) is 0 Å². The van der Waals surface area contributed by atoms with Crippen molar-refractivity contribution in [2.24, 2.45) is 0 Å². The largest absolute Gasteiger partial charge is 0.459 e. The average molecular weight is 374 g/mol. The molecule has 0 saturated heterocycles. The SMILES string of the molecule is Cc1ccccc1CNC(=O)C1Cc2ccccc2CN1C(=O)c1ccco1. The van der Waals surface area contributed by atoms with Gasteiger partial charge in [0.25, 0.3) is 5.91 Å². The maximum absolute atomic E-state index is 13.0. The van der Waals surface area contributed by atoms with E-state index >= 15 is 0 Å². The number of amides is 2. The van der Waals surface area contributed by atoms with Crippen molar-refractivity contribution < 1.29 is 14.0 Å². The van der Waals surface area contributed by atoms with Crippen LogP contribution in [0.25, 0.3) is 0 Å². The van der Waals surface area contributed by atoms with Gasteiger partial charge in [0, 0.05) is 19.5 Å². The van der Waals surface area contributed by atoms with Gasteiger partial charge in [0.05, 0.1) is 6.26 Å². The van der Waals surface area contributed by atoms with Crippen molar-refractivity contribution in [3.63, 3.8) is 0 Å². The fraction of sp³-hybridized carbons (Fsp3) is 0.217. The third kappa shape index (κ3) is 3.56. The molecule has 3 aromatic rings. The maximum Gasteiger partial charge on any atom is 0.290 e. The van der Waals surface area contributed by atoms with Gasteiger partial charge in [-0.2, -0.15) is 0 Å². The Hall–Kier alpha value is -3.34. The van der Waals surface area contributed by atoms with Crippen molar-refractivity contribution in [1.82, 2.24) is 10.2 Å². The van der Waals surface area contributed by atoms with E-state index in [9.17, 15) is 9.59 Å². The molecule has 0 spiro atoms. The van der Waals surface area contributed by atoms with Crippen LogP contribution in [-0.2, 0) is 24.3 Å². The first-order valence-corrected chi connectivity index (χ1v) is 9.37. The monoisotopic (exact) mass is 374 g/mol. The van der Waals surface area contributed by atoms with E-state index in [1.807, 2.05) is 55.5 Å². The van der Waals surface area contributed by atoms with Crippen LogP contribution in [0.3, 0.4) is 0 Å². The summed E-state index contributed by atoms with van der Waals surface area (Å²) < 4.78 is 5.29. The van der Waals surface area contributed by atoms with Gasteiger partial charge in [-0.3, -0.25) is 9.59 Å². The van der Waals surface area contributed by atoms with Crippen LogP contribution >= 0.6 is 0 Å². The average Bonchev–Trinajstić information content (AvgIpc) is 3.26. The summed E-state index contributed by atoms with van der Waals surface area (Å²) >= 11 is 0. The molecule has 2 amide bonds. The number of hydrogen-bond acceptors (Lipinski definition) is 3. The van der Waals surface area contributed by atoms with Crippen molar-refractivity contribution >= 4 is 11.8 Å². The van der Waals surface area contributed by atoms with Crippen LogP contribution in [0.2, 0.25) is 0 Å². The number of nitrogens with one attached hydrogen (secondary N) is 1. The molecular weight excluding hydrogens is 352 g/mol. The molecule has 1 unspecified atom stereocenters. The molecule has 0 fully saturated rings. The Labute approximate surface area is 164 Å². The smallest absolute Gasteiger partial charge is 0.290 e. The minimum absolute atomic E-state index is 0.155. The highest BCUT2D eigenvalue weighted by molar-refractivity contribution is 5.96. The highest BCUT2D eigenvalue weighted by Crippen LogP contribution is 2.25. The highest BCUT2D eigenvalue weighted by Gasteiger charge is 2.35. The zero-order valence-corrected chi connectivity index (χ0v) is 15.7. The Morgan fingerprint density at radius 1 is 1.04 bits per heavy atom. The van der Waals surface area contributed by atoms with E-state index in [0.29, 0.717) is 19.5 Å². The van der Waals surface area contributed by atoms with Crippen LogP contribution in [0.4, 0.5) is 0 Å². The first kappa shape index (κ1) is 18.0. The van der Waals surface area contributed by atoms with Crippen LogP contribution in [0, 0.1) is 6.92 Å². The van der Waals surface area contributed by atoms with Crippen LogP contribution in [0.1, 0.15) is 32.8 Å². The van der Waals surface area contributed by atoms with Gasteiger partial charge in [0.2, 0.25) is 5.91 Å². The molecule has 0 aliphatic carbocycles. The lowest BCUT2D eigenvalue weighted by molar-refractivity contribution is -0.126. The van der Waals surface area contributed by atoms with Gasteiger partial charge >= 0.3 is 0 Å². The van der Waals surface area contributed by atoms with E-state index in [2.05, 4.69) is 5.32 Å². The highest BCUT2D eigenvalue weighted by atomic mass is 16.3. The second kappa shape index (κ2) is 7.72. The molecule has 0 bridgehead atoms. The molecule has 0 radical (unpaired) electrons. The Kier molecular flexibility index (Phi) is 4.98. The van der Waals surface area contributed by atoms with E-state index in [0.717, 1.165) is 22.3 Å². The maximum atomic E-state index is 13.0.